The number of hydrogen-bond donors (Lipinski definition) is 3. The van der Waals surface area contributed by atoms with Crippen molar-refractivity contribution in [2.75, 3.05) is 12.3 Å². The fraction of sp³-hybridized carbons (Fsp3) is 0.500. The minimum Gasteiger partial charge on any atom is -0.462 e. The molecule has 4 N–H and O–H groups in total. The third kappa shape index (κ3) is 7.06. The van der Waals surface area contributed by atoms with E-state index in [1.54, 1.807) is 32.0 Å². The number of benzene rings is 1. The molecule has 6 atom stereocenters. The van der Waals surface area contributed by atoms with Gasteiger partial charge in [-0.15, -0.1) is 0 Å². The number of para-hydroxylation sites is 1. The highest BCUT2D eigenvalue weighted by atomic mass is 127. The fourth-order valence-corrected chi connectivity index (χ4v) is 5.40. The number of carbonyl (C=O) groups is 1. The first-order valence-electron chi connectivity index (χ1n) is 11.3. The topological polar surface area (TPSA) is 164 Å². The quantitative estimate of drug-likeness (QED) is 0.196. The van der Waals surface area contributed by atoms with Crippen molar-refractivity contribution < 1.29 is 37.4 Å². The van der Waals surface area contributed by atoms with Gasteiger partial charge in [0.15, 0.2) is 11.9 Å². The lowest BCUT2D eigenvalue weighted by molar-refractivity contribution is -0.149. The maximum Gasteiger partial charge on any atom is 0.459 e. The monoisotopic (exact) mass is 654 g/mol. The molecular weight excluding hydrogens is 625 g/mol. The number of ether oxygens (including phenoxy) is 2. The molecule has 0 radical (unpaired) electrons. The fourth-order valence-electron chi connectivity index (χ4n) is 3.48. The number of halogens is 2. The molecule has 1 aromatic heterocycles. The third-order valence-corrected chi connectivity index (χ3v) is 7.81. The average molecular weight is 654 g/mol. The standard InChI is InChI=1S/C22H29FIN4O8P/c1-12(2)34-19(30)13(3)27-37(32,36-14-8-6-5-7-9-14)33-11-16-17(29)22(4,23)20(35-16)28-10-15(24)18(25)26-21(28)31/h5-10,12-13,16-17,20,29H,11H2,1-4H3,(H,27,32)(H2,25,26,31)/t13-,16-,17-,20?,22-,37?/m1/s1. The zero-order valence-electron chi connectivity index (χ0n) is 20.5. The van der Waals surface area contributed by atoms with Gasteiger partial charge in [0.1, 0.15) is 29.8 Å². The summed E-state index contributed by atoms with van der Waals surface area (Å²) in [5.41, 5.74) is 2.31. The molecule has 1 fully saturated rings. The summed E-state index contributed by atoms with van der Waals surface area (Å²) in [6, 6.07) is 6.93. The number of anilines is 1. The van der Waals surface area contributed by atoms with Crippen LogP contribution in [0.25, 0.3) is 0 Å². The number of nitrogens with zero attached hydrogens (tertiary/aromatic N) is 2. The van der Waals surface area contributed by atoms with Crippen LogP contribution in [-0.2, 0) is 23.4 Å². The molecule has 0 spiro atoms. The van der Waals surface area contributed by atoms with E-state index in [0.29, 0.717) is 3.57 Å². The molecule has 1 aliphatic rings. The summed E-state index contributed by atoms with van der Waals surface area (Å²) in [6.07, 6.45) is -3.88. The summed E-state index contributed by atoms with van der Waals surface area (Å²) in [5.74, 6) is -0.567. The Labute approximate surface area is 226 Å². The number of esters is 1. The van der Waals surface area contributed by atoms with Crippen LogP contribution >= 0.6 is 30.3 Å². The van der Waals surface area contributed by atoms with Crippen LogP contribution < -0.4 is 21.0 Å². The first-order valence-corrected chi connectivity index (χ1v) is 13.9. The Morgan fingerprint density at radius 1 is 1.38 bits per heavy atom. The number of aliphatic hydroxyl groups is 1. The molecule has 12 nitrogen and oxygen atoms in total. The van der Waals surface area contributed by atoms with Gasteiger partial charge in [-0.2, -0.15) is 10.1 Å². The zero-order chi connectivity index (χ0) is 27.5. The van der Waals surface area contributed by atoms with E-state index in [4.69, 9.17) is 24.3 Å². The largest absolute Gasteiger partial charge is 0.462 e. The van der Waals surface area contributed by atoms with Gasteiger partial charge in [-0.25, -0.2) is 13.8 Å². The van der Waals surface area contributed by atoms with Gasteiger partial charge in [0.2, 0.25) is 0 Å². The van der Waals surface area contributed by atoms with Gasteiger partial charge in [-0.3, -0.25) is 13.9 Å². The lowest BCUT2D eigenvalue weighted by atomic mass is 9.98. The second-order valence-corrected chi connectivity index (χ2v) is 11.7. The van der Waals surface area contributed by atoms with Crippen molar-refractivity contribution in [3.8, 4) is 5.75 Å². The first-order chi connectivity index (χ1) is 17.2. The van der Waals surface area contributed by atoms with Crippen LogP contribution in [0.15, 0.2) is 41.3 Å². The van der Waals surface area contributed by atoms with Crippen molar-refractivity contribution in [2.45, 2.75) is 63.9 Å². The molecule has 0 saturated carbocycles. The highest BCUT2D eigenvalue weighted by Gasteiger charge is 2.56. The maximum atomic E-state index is 15.6. The Balaban J connectivity index is 1.81. The van der Waals surface area contributed by atoms with Gasteiger partial charge in [0.25, 0.3) is 0 Å². The van der Waals surface area contributed by atoms with Crippen molar-refractivity contribution >= 4 is 42.1 Å². The number of rotatable bonds is 10. The van der Waals surface area contributed by atoms with Crippen molar-refractivity contribution in [3.05, 3.63) is 50.6 Å². The molecule has 1 aromatic carbocycles. The lowest BCUT2D eigenvalue weighted by Gasteiger charge is -2.25. The number of nitrogen functional groups attached to an aromatic ring is 1. The summed E-state index contributed by atoms with van der Waals surface area (Å²) in [4.78, 5) is 28.3. The first kappa shape index (κ1) is 29.5. The van der Waals surface area contributed by atoms with Crippen LogP contribution in [0, 0.1) is 3.57 Å². The Bertz CT molecular complexity index is 1210. The second kappa shape index (κ2) is 11.7. The van der Waals surface area contributed by atoms with E-state index in [2.05, 4.69) is 10.1 Å². The number of nitrogens with two attached hydrogens (primary N) is 1. The molecule has 2 aromatic rings. The number of aliphatic hydroxyl groups excluding tert-OH is 1. The predicted molar refractivity (Wildman–Crippen MR) is 140 cm³/mol. The minimum atomic E-state index is -4.29. The summed E-state index contributed by atoms with van der Waals surface area (Å²) in [7, 11) is -4.29. The van der Waals surface area contributed by atoms with E-state index in [1.807, 2.05) is 22.6 Å². The molecule has 15 heteroatoms. The Kier molecular flexibility index (Phi) is 9.35. The molecule has 37 heavy (non-hydrogen) atoms. The van der Waals surface area contributed by atoms with Crippen LogP contribution in [0.4, 0.5) is 10.2 Å². The maximum absolute atomic E-state index is 15.6. The molecule has 204 valence electrons. The zero-order valence-corrected chi connectivity index (χ0v) is 23.6. The van der Waals surface area contributed by atoms with Gasteiger partial charge in [0.05, 0.1) is 16.3 Å². The normalized spacial score (nSPS) is 26.0. The molecule has 0 amide bonds. The summed E-state index contributed by atoms with van der Waals surface area (Å²) >= 11 is 1.82. The number of nitrogens with one attached hydrogen (secondary N) is 1. The van der Waals surface area contributed by atoms with E-state index in [0.717, 1.165) is 11.5 Å². The third-order valence-electron chi connectivity index (χ3n) is 5.34. The van der Waals surface area contributed by atoms with Gasteiger partial charge in [0, 0.05) is 6.20 Å². The number of aromatic nitrogens is 2. The summed E-state index contributed by atoms with van der Waals surface area (Å²) in [5, 5.41) is 13.1. The SMILES string of the molecule is CC(C)OC(=O)[C@@H](C)NP(=O)(OC[C@H]1OC(n2cc(I)c(N)nc2=O)[C@](C)(F)[C@@H]1O)Oc1ccccc1. The van der Waals surface area contributed by atoms with Crippen LogP contribution in [0.2, 0.25) is 0 Å². The van der Waals surface area contributed by atoms with Gasteiger partial charge in [-0.1, -0.05) is 18.2 Å². The molecule has 2 heterocycles. The van der Waals surface area contributed by atoms with Crippen molar-refractivity contribution in [1.29, 1.82) is 0 Å². The molecule has 3 rings (SSSR count). The predicted octanol–water partition coefficient (Wildman–Crippen LogP) is 2.55. The molecule has 0 bridgehead atoms. The molecule has 1 aliphatic heterocycles. The Morgan fingerprint density at radius 3 is 2.65 bits per heavy atom. The average Bonchev–Trinajstić information content (AvgIpc) is 3.03. The van der Waals surface area contributed by atoms with E-state index in [9.17, 15) is 19.3 Å². The van der Waals surface area contributed by atoms with E-state index in [1.165, 1.54) is 25.3 Å². The molecule has 1 saturated heterocycles. The minimum absolute atomic E-state index is 0.0315. The molecule has 2 unspecified atom stereocenters. The summed E-state index contributed by atoms with van der Waals surface area (Å²) < 4.78 is 52.3. The van der Waals surface area contributed by atoms with Crippen LogP contribution in [0.5, 0.6) is 5.75 Å². The lowest BCUT2D eigenvalue weighted by Crippen LogP contribution is -2.43. The van der Waals surface area contributed by atoms with E-state index < -0.39 is 62.3 Å². The number of alkyl halides is 1. The van der Waals surface area contributed by atoms with E-state index in [-0.39, 0.29) is 11.6 Å². The van der Waals surface area contributed by atoms with Gasteiger partial charge in [-0.05, 0) is 62.4 Å². The van der Waals surface area contributed by atoms with Crippen LogP contribution in [-0.4, -0.2) is 57.3 Å². The van der Waals surface area contributed by atoms with E-state index >= 15 is 4.39 Å². The Hall–Kier alpha value is -2.10. The smallest absolute Gasteiger partial charge is 0.459 e. The van der Waals surface area contributed by atoms with Crippen molar-refractivity contribution in [1.82, 2.24) is 14.6 Å². The van der Waals surface area contributed by atoms with Gasteiger partial charge >= 0.3 is 19.4 Å². The highest BCUT2D eigenvalue weighted by Crippen LogP contribution is 2.47. The number of hydrogen-bond acceptors (Lipinski definition) is 10. The van der Waals surface area contributed by atoms with Gasteiger partial charge < -0.3 is 24.8 Å². The molecule has 0 aliphatic carbocycles. The highest BCUT2D eigenvalue weighted by molar-refractivity contribution is 14.1. The van der Waals surface area contributed by atoms with Crippen molar-refractivity contribution in [2.24, 2.45) is 0 Å². The second-order valence-electron chi connectivity index (χ2n) is 8.82. The summed E-state index contributed by atoms with van der Waals surface area (Å²) in [6.45, 7) is 5.17. The number of carbonyl (C=O) groups excluding carboxylic acids is 1. The van der Waals surface area contributed by atoms with Crippen LogP contribution in [0.3, 0.4) is 0 Å². The van der Waals surface area contributed by atoms with Crippen molar-refractivity contribution in [3.63, 3.8) is 0 Å². The molecular formula is C22H29FIN4O8P. The van der Waals surface area contributed by atoms with Crippen LogP contribution in [0.1, 0.15) is 33.9 Å². The Morgan fingerprint density at radius 2 is 2.03 bits per heavy atom.